The lowest BCUT2D eigenvalue weighted by atomic mass is 10.1. The number of nitrogens with one attached hydrogen (secondary N) is 3. The summed E-state index contributed by atoms with van der Waals surface area (Å²) in [6, 6.07) is 14.2. The Morgan fingerprint density at radius 3 is 2.61 bits per heavy atom. The summed E-state index contributed by atoms with van der Waals surface area (Å²) in [6.07, 6.45) is 0. The number of hydrogen-bond acceptors (Lipinski definition) is 5. The molecular formula is C20H25N4O4+. The minimum absolute atomic E-state index is 0.00931. The maximum atomic E-state index is 12.2. The Morgan fingerprint density at radius 2 is 1.86 bits per heavy atom. The predicted molar refractivity (Wildman–Crippen MR) is 105 cm³/mol. The van der Waals surface area contributed by atoms with E-state index in [0.717, 1.165) is 38.4 Å². The van der Waals surface area contributed by atoms with E-state index >= 15 is 0 Å². The normalized spacial score (nSPS) is 14.4. The van der Waals surface area contributed by atoms with Crippen molar-refractivity contribution < 1.29 is 19.4 Å². The van der Waals surface area contributed by atoms with Crippen LogP contribution in [0.15, 0.2) is 48.5 Å². The monoisotopic (exact) mass is 385 g/mol. The third kappa shape index (κ3) is 5.77. The summed E-state index contributed by atoms with van der Waals surface area (Å²) in [5.41, 5.74) is 2.86. The van der Waals surface area contributed by atoms with Crippen molar-refractivity contribution in [1.29, 1.82) is 0 Å². The second kappa shape index (κ2) is 9.82. The molecule has 1 aliphatic rings. The summed E-state index contributed by atoms with van der Waals surface area (Å²) in [5, 5.41) is 16.7. The van der Waals surface area contributed by atoms with Gasteiger partial charge in [0.25, 0.3) is 5.69 Å². The van der Waals surface area contributed by atoms with E-state index in [-0.39, 0.29) is 18.1 Å². The van der Waals surface area contributed by atoms with E-state index < -0.39 is 4.92 Å². The highest BCUT2D eigenvalue weighted by Gasteiger charge is 2.16. The largest absolute Gasteiger partial charge is 0.376 e. The lowest BCUT2D eigenvalue weighted by Gasteiger charge is -2.24. The van der Waals surface area contributed by atoms with Crippen LogP contribution in [0, 0.1) is 10.1 Å². The SMILES string of the molecule is O=C(CNc1cccc([N+](=O)[O-])c1)NCc1ccccc1C[NH+]1CCOCC1. The Balaban J connectivity index is 1.50. The molecule has 8 heteroatoms. The predicted octanol–water partition coefficient (Wildman–Crippen LogP) is 0.738. The van der Waals surface area contributed by atoms with Crippen LogP contribution < -0.4 is 15.5 Å². The van der Waals surface area contributed by atoms with Crippen molar-refractivity contribution in [3.8, 4) is 0 Å². The second-order valence-corrected chi connectivity index (χ2v) is 6.75. The van der Waals surface area contributed by atoms with Crippen LogP contribution in [0.25, 0.3) is 0 Å². The van der Waals surface area contributed by atoms with Crippen LogP contribution in [0.2, 0.25) is 0 Å². The average Bonchev–Trinajstić information content (AvgIpc) is 2.72. The van der Waals surface area contributed by atoms with Crippen molar-refractivity contribution in [2.24, 2.45) is 0 Å². The highest BCUT2D eigenvalue weighted by Crippen LogP contribution is 2.16. The molecule has 1 saturated heterocycles. The van der Waals surface area contributed by atoms with Crippen molar-refractivity contribution >= 4 is 17.3 Å². The van der Waals surface area contributed by atoms with Crippen molar-refractivity contribution in [3.63, 3.8) is 0 Å². The van der Waals surface area contributed by atoms with Gasteiger partial charge in [0.05, 0.1) is 24.7 Å². The summed E-state index contributed by atoms with van der Waals surface area (Å²) < 4.78 is 5.41. The van der Waals surface area contributed by atoms with Crippen LogP contribution in [-0.4, -0.2) is 43.7 Å². The number of nitro benzene ring substituents is 1. The van der Waals surface area contributed by atoms with Crippen LogP contribution in [0.1, 0.15) is 11.1 Å². The molecule has 0 saturated carbocycles. The van der Waals surface area contributed by atoms with E-state index in [1.807, 2.05) is 18.2 Å². The Labute approximate surface area is 163 Å². The van der Waals surface area contributed by atoms with Gasteiger partial charge in [-0.2, -0.15) is 0 Å². The van der Waals surface area contributed by atoms with Gasteiger partial charge in [0.1, 0.15) is 19.6 Å². The van der Waals surface area contributed by atoms with Crippen molar-refractivity contribution in [2.75, 3.05) is 38.2 Å². The van der Waals surface area contributed by atoms with Gasteiger partial charge in [-0.1, -0.05) is 30.3 Å². The molecule has 1 aliphatic heterocycles. The Kier molecular flexibility index (Phi) is 6.94. The number of rotatable bonds is 8. The first-order chi connectivity index (χ1) is 13.6. The van der Waals surface area contributed by atoms with Gasteiger partial charge in [-0.05, 0) is 11.6 Å². The van der Waals surface area contributed by atoms with E-state index in [2.05, 4.69) is 16.7 Å². The molecule has 0 bridgehead atoms. The van der Waals surface area contributed by atoms with Gasteiger partial charge in [-0.15, -0.1) is 0 Å². The van der Waals surface area contributed by atoms with Crippen molar-refractivity contribution in [3.05, 3.63) is 69.8 Å². The molecule has 0 aromatic heterocycles. The molecule has 1 fully saturated rings. The minimum atomic E-state index is -0.460. The highest BCUT2D eigenvalue weighted by atomic mass is 16.6. The fourth-order valence-electron chi connectivity index (χ4n) is 3.18. The number of hydrogen-bond donors (Lipinski definition) is 3. The standard InChI is InChI=1S/C20H24N4O4/c25-20(14-21-18-6-3-7-19(12-18)24(26)27)22-13-16-4-1-2-5-17(16)15-23-8-10-28-11-9-23/h1-7,12,21H,8-11,13-15H2,(H,22,25)/p+1. The first-order valence-electron chi connectivity index (χ1n) is 9.35. The quantitative estimate of drug-likeness (QED) is 0.460. The molecule has 1 amide bonds. The smallest absolute Gasteiger partial charge is 0.271 e. The number of ether oxygens (including phenoxy) is 1. The molecule has 2 aromatic carbocycles. The number of anilines is 1. The molecule has 0 unspecified atom stereocenters. The summed E-state index contributed by atoms with van der Waals surface area (Å²) in [6.45, 7) is 4.99. The fraction of sp³-hybridized carbons (Fsp3) is 0.350. The van der Waals surface area contributed by atoms with Gasteiger partial charge in [-0.3, -0.25) is 14.9 Å². The molecule has 0 atom stereocenters. The number of nitro groups is 1. The number of quaternary nitrogens is 1. The molecule has 1 heterocycles. The molecule has 3 N–H and O–H groups in total. The number of amides is 1. The molecular weight excluding hydrogens is 360 g/mol. The molecule has 2 aromatic rings. The zero-order valence-electron chi connectivity index (χ0n) is 15.6. The van der Waals surface area contributed by atoms with Crippen LogP contribution >= 0.6 is 0 Å². The number of nitrogens with zero attached hydrogens (tertiary/aromatic N) is 1. The summed E-state index contributed by atoms with van der Waals surface area (Å²) in [5.74, 6) is -0.167. The van der Waals surface area contributed by atoms with Crippen molar-refractivity contribution in [1.82, 2.24) is 5.32 Å². The average molecular weight is 385 g/mol. The third-order valence-electron chi connectivity index (χ3n) is 4.74. The van der Waals surface area contributed by atoms with Crippen LogP contribution in [-0.2, 0) is 22.6 Å². The first-order valence-corrected chi connectivity index (χ1v) is 9.35. The van der Waals surface area contributed by atoms with E-state index in [1.54, 1.807) is 12.1 Å². The number of non-ortho nitro benzene ring substituents is 1. The van der Waals surface area contributed by atoms with Gasteiger partial charge in [0.15, 0.2) is 0 Å². The zero-order chi connectivity index (χ0) is 19.8. The Bertz CT molecular complexity index is 821. The van der Waals surface area contributed by atoms with Gasteiger partial charge < -0.3 is 20.3 Å². The number of carbonyl (C=O) groups is 1. The van der Waals surface area contributed by atoms with Gasteiger partial charge in [-0.25, -0.2) is 0 Å². The van der Waals surface area contributed by atoms with E-state index in [9.17, 15) is 14.9 Å². The minimum Gasteiger partial charge on any atom is -0.376 e. The fourth-order valence-corrected chi connectivity index (χ4v) is 3.18. The van der Waals surface area contributed by atoms with Gasteiger partial charge >= 0.3 is 0 Å². The number of benzene rings is 2. The first kappa shape index (κ1) is 19.8. The maximum absolute atomic E-state index is 12.2. The lowest BCUT2D eigenvalue weighted by Crippen LogP contribution is -3.12. The highest BCUT2D eigenvalue weighted by molar-refractivity contribution is 5.80. The Morgan fingerprint density at radius 1 is 1.11 bits per heavy atom. The van der Waals surface area contributed by atoms with Crippen LogP contribution in [0.5, 0.6) is 0 Å². The molecule has 0 radical (unpaired) electrons. The topological polar surface area (TPSA) is 97.9 Å². The van der Waals surface area contributed by atoms with Crippen molar-refractivity contribution in [2.45, 2.75) is 13.1 Å². The molecule has 8 nitrogen and oxygen atoms in total. The van der Waals surface area contributed by atoms with Crippen LogP contribution in [0.4, 0.5) is 11.4 Å². The second-order valence-electron chi connectivity index (χ2n) is 6.75. The molecule has 0 aliphatic carbocycles. The molecule has 28 heavy (non-hydrogen) atoms. The van der Waals surface area contributed by atoms with Gasteiger partial charge in [0, 0.05) is 29.9 Å². The maximum Gasteiger partial charge on any atom is 0.271 e. The van der Waals surface area contributed by atoms with E-state index in [1.165, 1.54) is 22.6 Å². The zero-order valence-corrected chi connectivity index (χ0v) is 15.6. The molecule has 3 rings (SSSR count). The summed E-state index contributed by atoms with van der Waals surface area (Å²) in [7, 11) is 0. The Hall–Kier alpha value is -2.97. The van der Waals surface area contributed by atoms with E-state index in [4.69, 9.17) is 4.74 Å². The number of carbonyl (C=O) groups excluding carboxylic acids is 1. The van der Waals surface area contributed by atoms with Gasteiger partial charge in [0.2, 0.25) is 5.91 Å². The summed E-state index contributed by atoms with van der Waals surface area (Å²) in [4.78, 5) is 24.0. The molecule has 148 valence electrons. The van der Waals surface area contributed by atoms with Crippen LogP contribution in [0.3, 0.4) is 0 Å². The van der Waals surface area contributed by atoms with E-state index in [0.29, 0.717) is 12.2 Å². The molecule has 0 spiro atoms. The number of morpholine rings is 1. The summed E-state index contributed by atoms with van der Waals surface area (Å²) >= 11 is 0. The lowest BCUT2D eigenvalue weighted by molar-refractivity contribution is -0.921. The third-order valence-corrected chi connectivity index (χ3v) is 4.74.